The van der Waals surface area contributed by atoms with Gasteiger partial charge in [0.15, 0.2) is 23.2 Å². The number of nitrogens with zero attached hydrogens (tertiary/aromatic N) is 7. The fourth-order valence-corrected chi connectivity index (χ4v) is 3.61. The van der Waals surface area contributed by atoms with Gasteiger partial charge >= 0.3 is 11.9 Å². The number of hydrogen-bond acceptors (Lipinski definition) is 14. The van der Waals surface area contributed by atoms with Gasteiger partial charge in [0, 0.05) is 12.4 Å². The molecule has 16 heteroatoms. The molecule has 38 heavy (non-hydrogen) atoms. The van der Waals surface area contributed by atoms with Crippen molar-refractivity contribution < 1.29 is 44.2 Å². The Morgan fingerprint density at radius 1 is 1.18 bits per heavy atom. The SMILES string of the molecule is CCOC(=O)C(/C=N/c1nc(-n2cc(C(=O)OCC)cn2)nc2c1ncn2[C@@H]1OC(CO)[C@@H](O)[C@H]1O)=C/O. The summed E-state index contributed by atoms with van der Waals surface area (Å²) in [4.78, 5) is 41.3. The Morgan fingerprint density at radius 3 is 2.61 bits per heavy atom. The summed E-state index contributed by atoms with van der Waals surface area (Å²) in [7, 11) is 0. The molecular formula is C22H25N7O9. The summed E-state index contributed by atoms with van der Waals surface area (Å²) < 4.78 is 17.9. The first-order valence-electron chi connectivity index (χ1n) is 11.5. The molecule has 3 aromatic heterocycles. The Morgan fingerprint density at radius 2 is 1.95 bits per heavy atom. The van der Waals surface area contributed by atoms with Crippen LogP contribution in [0.3, 0.4) is 0 Å². The van der Waals surface area contributed by atoms with Gasteiger partial charge < -0.3 is 34.6 Å². The maximum absolute atomic E-state index is 12.1. The molecule has 0 radical (unpaired) electrons. The minimum Gasteiger partial charge on any atom is -0.515 e. The van der Waals surface area contributed by atoms with E-state index in [0.29, 0.717) is 6.26 Å². The lowest BCUT2D eigenvalue weighted by Gasteiger charge is -2.16. The Balaban J connectivity index is 1.82. The number of rotatable bonds is 9. The van der Waals surface area contributed by atoms with Crippen LogP contribution in [0.15, 0.2) is 35.5 Å². The molecule has 202 valence electrons. The van der Waals surface area contributed by atoms with Gasteiger partial charge in [0.1, 0.15) is 23.9 Å². The fourth-order valence-electron chi connectivity index (χ4n) is 3.61. The monoisotopic (exact) mass is 531 g/mol. The van der Waals surface area contributed by atoms with Gasteiger partial charge in [0.2, 0.25) is 0 Å². The number of aromatic nitrogens is 6. The highest BCUT2D eigenvalue weighted by Gasteiger charge is 2.44. The summed E-state index contributed by atoms with van der Waals surface area (Å²) in [5.41, 5.74) is 0.0367. The minimum atomic E-state index is -1.43. The summed E-state index contributed by atoms with van der Waals surface area (Å²) in [5.74, 6) is -1.60. The Hall–Kier alpha value is -4.25. The third-order valence-corrected chi connectivity index (χ3v) is 5.46. The molecule has 1 unspecified atom stereocenters. The highest BCUT2D eigenvalue weighted by molar-refractivity contribution is 6.10. The van der Waals surface area contributed by atoms with Crippen molar-refractivity contribution in [2.45, 2.75) is 38.4 Å². The van der Waals surface area contributed by atoms with E-state index in [1.165, 1.54) is 28.0 Å². The van der Waals surface area contributed by atoms with Crippen LogP contribution in [-0.2, 0) is 19.0 Å². The largest absolute Gasteiger partial charge is 0.515 e. The van der Waals surface area contributed by atoms with Crippen LogP contribution in [0.1, 0.15) is 30.4 Å². The van der Waals surface area contributed by atoms with Crippen LogP contribution in [0.4, 0.5) is 5.82 Å². The molecule has 1 aliphatic heterocycles. The summed E-state index contributed by atoms with van der Waals surface area (Å²) in [6.07, 6.45) is 0.369. The third-order valence-electron chi connectivity index (χ3n) is 5.46. The first-order chi connectivity index (χ1) is 18.3. The van der Waals surface area contributed by atoms with Gasteiger partial charge in [-0.1, -0.05) is 0 Å². The van der Waals surface area contributed by atoms with Crippen molar-refractivity contribution in [3.8, 4) is 5.95 Å². The number of aliphatic imine (C=N–C) groups is 1. The van der Waals surface area contributed by atoms with Gasteiger partial charge in [0.05, 0.1) is 44.2 Å². The molecule has 0 aromatic carbocycles. The molecule has 4 heterocycles. The van der Waals surface area contributed by atoms with Crippen LogP contribution < -0.4 is 0 Å². The zero-order chi connectivity index (χ0) is 27.4. The van der Waals surface area contributed by atoms with E-state index in [9.17, 15) is 30.0 Å². The van der Waals surface area contributed by atoms with Crippen LogP contribution in [-0.4, -0.2) is 106 Å². The Kier molecular flexibility index (Phi) is 8.06. The van der Waals surface area contributed by atoms with Gasteiger partial charge in [-0.3, -0.25) is 4.57 Å². The van der Waals surface area contributed by atoms with Crippen LogP contribution in [0.5, 0.6) is 0 Å². The van der Waals surface area contributed by atoms with E-state index in [2.05, 4.69) is 25.0 Å². The average Bonchev–Trinajstić information content (AvgIpc) is 3.63. The van der Waals surface area contributed by atoms with Gasteiger partial charge in [-0.05, 0) is 13.8 Å². The molecule has 1 aliphatic rings. The molecule has 3 aromatic rings. The minimum absolute atomic E-state index is 0.0722. The lowest BCUT2D eigenvalue weighted by atomic mass is 10.1. The number of fused-ring (bicyclic) bond motifs is 1. The number of carbonyl (C=O) groups excluding carboxylic acids is 2. The maximum Gasteiger partial charge on any atom is 0.342 e. The second-order valence-electron chi connectivity index (χ2n) is 7.86. The number of imidazole rings is 1. The number of hydrogen-bond donors (Lipinski definition) is 4. The highest BCUT2D eigenvalue weighted by atomic mass is 16.6. The van der Waals surface area contributed by atoms with Crippen molar-refractivity contribution in [1.29, 1.82) is 0 Å². The van der Waals surface area contributed by atoms with Gasteiger partial charge in [0.25, 0.3) is 5.95 Å². The lowest BCUT2D eigenvalue weighted by Crippen LogP contribution is -2.33. The topological polar surface area (TPSA) is 217 Å². The van der Waals surface area contributed by atoms with Crippen molar-refractivity contribution in [3.05, 3.63) is 36.1 Å². The molecule has 0 spiro atoms. The molecule has 1 saturated heterocycles. The van der Waals surface area contributed by atoms with Crippen molar-refractivity contribution >= 4 is 35.1 Å². The first-order valence-corrected chi connectivity index (χ1v) is 11.5. The van der Waals surface area contributed by atoms with Crippen LogP contribution >= 0.6 is 0 Å². The number of aliphatic hydroxyl groups is 4. The van der Waals surface area contributed by atoms with E-state index in [1.807, 2.05) is 0 Å². The van der Waals surface area contributed by atoms with Crippen molar-refractivity contribution in [1.82, 2.24) is 29.3 Å². The number of esters is 2. The molecule has 0 bridgehead atoms. The highest BCUT2D eigenvalue weighted by Crippen LogP contribution is 2.33. The Labute approximate surface area is 214 Å². The van der Waals surface area contributed by atoms with Gasteiger partial charge in [-0.25, -0.2) is 24.2 Å². The predicted molar refractivity (Wildman–Crippen MR) is 127 cm³/mol. The van der Waals surface area contributed by atoms with Gasteiger partial charge in [-0.2, -0.15) is 15.1 Å². The second kappa shape index (κ2) is 11.4. The average molecular weight is 531 g/mol. The molecule has 0 saturated carbocycles. The van der Waals surface area contributed by atoms with E-state index in [0.717, 1.165) is 6.21 Å². The maximum atomic E-state index is 12.1. The predicted octanol–water partition coefficient (Wildman–Crippen LogP) is -0.492. The summed E-state index contributed by atoms with van der Waals surface area (Å²) in [6.45, 7) is 2.96. The second-order valence-corrected chi connectivity index (χ2v) is 7.86. The molecular weight excluding hydrogens is 506 g/mol. The van der Waals surface area contributed by atoms with Crippen molar-refractivity contribution in [3.63, 3.8) is 0 Å². The number of ether oxygens (including phenoxy) is 3. The molecule has 4 N–H and O–H groups in total. The standard InChI is InChI=1S/C22H25N7O9/c1-3-36-20(34)11-6-25-29(7-11)22-26-17(23-5-12(8-30)21(35)37-4-2)14-18(27-22)28(10-24-14)19-16(33)15(32)13(9-31)38-19/h5-8,10,13,15-16,19,30-33H,3-4,9H2,1-2H3/b12-8+,23-5+/t13?,15-,16-,19-/m1/s1. The molecule has 0 amide bonds. The summed E-state index contributed by atoms with van der Waals surface area (Å²) in [6, 6.07) is 0. The molecule has 4 rings (SSSR count). The normalized spacial score (nSPS) is 21.9. The van der Waals surface area contributed by atoms with Crippen LogP contribution in [0, 0.1) is 0 Å². The number of aliphatic hydroxyl groups excluding tert-OH is 4. The van der Waals surface area contributed by atoms with E-state index < -0.39 is 43.1 Å². The lowest BCUT2D eigenvalue weighted by molar-refractivity contribution is -0.137. The quantitative estimate of drug-likeness (QED) is 0.119. The molecule has 1 fully saturated rings. The van der Waals surface area contributed by atoms with Crippen LogP contribution in [0.2, 0.25) is 0 Å². The summed E-state index contributed by atoms with van der Waals surface area (Å²) in [5, 5.41) is 43.7. The third kappa shape index (κ3) is 5.10. The van der Waals surface area contributed by atoms with E-state index in [4.69, 9.17) is 14.2 Å². The zero-order valence-electron chi connectivity index (χ0n) is 20.3. The molecule has 16 nitrogen and oxygen atoms in total. The Bertz CT molecular complexity index is 1380. The molecule has 4 atom stereocenters. The van der Waals surface area contributed by atoms with E-state index >= 15 is 0 Å². The van der Waals surface area contributed by atoms with E-state index in [-0.39, 0.29) is 47.3 Å². The van der Waals surface area contributed by atoms with Crippen molar-refractivity contribution in [2.75, 3.05) is 19.8 Å². The smallest absolute Gasteiger partial charge is 0.342 e. The number of carbonyl (C=O) groups is 2. The van der Waals surface area contributed by atoms with Gasteiger partial charge in [-0.15, -0.1) is 0 Å². The van der Waals surface area contributed by atoms with Crippen molar-refractivity contribution in [2.24, 2.45) is 4.99 Å². The first kappa shape index (κ1) is 26.8. The zero-order valence-corrected chi connectivity index (χ0v) is 20.3. The van der Waals surface area contributed by atoms with Crippen LogP contribution in [0.25, 0.3) is 17.1 Å². The summed E-state index contributed by atoms with van der Waals surface area (Å²) >= 11 is 0. The van der Waals surface area contributed by atoms with E-state index in [1.54, 1.807) is 13.8 Å². The fraction of sp³-hybridized carbons (Fsp3) is 0.409. The molecule has 0 aliphatic carbocycles.